The number of rotatable bonds is 9. The van der Waals surface area contributed by atoms with E-state index in [1.54, 1.807) is 34.6 Å². The SMILES string of the molecule is CCC[C@H]1NC(=O)[C@@H]2CCCN2C(=O)[C@H]([C@H](C)Cc2ccccc2)NC(=O)[C@@H]2CCCN2C(=O)[C@@H](C(C)C)N(C)C(=O)[C@H](C(C)C)OC(=O)[C@@H]2CCCN2C(=O)[C@@H](Cc2ccccc2)OC(=O)[C@@H]1C. The summed E-state index contributed by atoms with van der Waals surface area (Å²) in [5.74, 6) is -6.82. The Hall–Kier alpha value is -5.80. The number of cyclic esters (lactones) is 2. The summed E-state index contributed by atoms with van der Waals surface area (Å²) in [7, 11) is 1.49. The predicted octanol–water partition coefficient (Wildman–Crippen LogP) is 4.46. The summed E-state index contributed by atoms with van der Waals surface area (Å²) in [6, 6.07) is 12.9. The van der Waals surface area contributed by atoms with E-state index in [9.17, 15) is 38.4 Å². The number of hydrogen-bond donors (Lipinski definition) is 2. The van der Waals surface area contributed by atoms with Crippen LogP contribution in [0.2, 0.25) is 0 Å². The first-order valence-corrected chi connectivity index (χ1v) is 25.2. The number of amides is 6. The average molecular weight is 955 g/mol. The lowest BCUT2D eigenvalue weighted by atomic mass is 9.92. The molecule has 0 bridgehead atoms. The molecule has 0 aromatic heterocycles. The van der Waals surface area contributed by atoms with Gasteiger partial charge in [0.2, 0.25) is 23.6 Å². The second kappa shape index (κ2) is 23.7. The summed E-state index contributed by atoms with van der Waals surface area (Å²) in [6.07, 6.45) is 1.24. The maximum Gasteiger partial charge on any atom is 0.329 e. The van der Waals surface area contributed by atoms with Crippen molar-refractivity contribution in [3.8, 4) is 0 Å². The lowest BCUT2D eigenvalue weighted by Crippen LogP contribution is -2.60. The average Bonchev–Trinajstić information content (AvgIpc) is 4.14. The van der Waals surface area contributed by atoms with Crippen molar-refractivity contribution in [2.75, 3.05) is 26.7 Å². The molecule has 376 valence electrons. The van der Waals surface area contributed by atoms with Gasteiger partial charge in [-0.3, -0.25) is 33.6 Å². The van der Waals surface area contributed by atoms with Crippen LogP contribution in [0.4, 0.5) is 0 Å². The van der Waals surface area contributed by atoms with Crippen LogP contribution in [0, 0.1) is 23.7 Å². The van der Waals surface area contributed by atoms with Gasteiger partial charge in [-0.1, -0.05) is 109 Å². The van der Waals surface area contributed by atoms with Crippen molar-refractivity contribution in [3.05, 3.63) is 71.8 Å². The largest absolute Gasteiger partial charge is 0.452 e. The first kappa shape index (κ1) is 52.6. The van der Waals surface area contributed by atoms with E-state index in [2.05, 4.69) is 10.6 Å². The second-order valence-corrected chi connectivity index (χ2v) is 20.3. The molecule has 6 amide bonds. The first-order valence-electron chi connectivity index (χ1n) is 25.2. The number of likely N-dealkylation sites (N-methyl/N-ethyl adjacent to an activating group) is 1. The molecule has 4 aliphatic rings. The molecule has 0 aliphatic carbocycles. The summed E-state index contributed by atoms with van der Waals surface area (Å²) in [5, 5.41) is 6.13. The van der Waals surface area contributed by atoms with Crippen molar-refractivity contribution < 1.29 is 47.8 Å². The lowest BCUT2D eigenvalue weighted by molar-refractivity contribution is -0.173. The molecular formula is C53H74N6O10. The van der Waals surface area contributed by atoms with E-state index in [0.29, 0.717) is 51.4 Å². The van der Waals surface area contributed by atoms with E-state index in [1.165, 1.54) is 26.6 Å². The quantitative estimate of drug-likeness (QED) is 0.340. The number of nitrogens with zero attached hydrogens (tertiary/aromatic N) is 4. The minimum atomic E-state index is -1.34. The molecule has 16 nitrogen and oxygen atoms in total. The molecule has 2 aromatic carbocycles. The first-order chi connectivity index (χ1) is 32.9. The zero-order valence-corrected chi connectivity index (χ0v) is 41.8. The Balaban J connectivity index is 1.40. The van der Waals surface area contributed by atoms with Gasteiger partial charge in [0.05, 0.1) is 5.92 Å². The predicted molar refractivity (Wildman–Crippen MR) is 258 cm³/mol. The smallest absolute Gasteiger partial charge is 0.329 e. The molecule has 2 N–H and O–H groups in total. The number of hydrogen-bond acceptors (Lipinski definition) is 10. The minimum absolute atomic E-state index is 0.0150. The molecule has 6 rings (SSSR count). The lowest BCUT2D eigenvalue weighted by Gasteiger charge is -2.38. The van der Waals surface area contributed by atoms with Crippen LogP contribution in [-0.2, 0) is 60.7 Å². The molecule has 69 heavy (non-hydrogen) atoms. The maximum absolute atomic E-state index is 15.0. The summed E-state index contributed by atoms with van der Waals surface area (Å²) in [5.41, 5.74) is 1.67. The van der Waals surface area contributed by atoms with Gasteiger partial charge in [0, 0.05) is 39.1 Å². The van der Waals surface area contributed by atoms with E-state index >= 15 is 0 Å². The Morgan fingerprint density at radius 2 is 1.13 bits per heavy atom. The van der Waals surface area contributed by atoms with Crippen LogP contribution in [0.5, 0.6) is 0 Å². The number of carbonyl (C=O) groups is 8. The molecule has 4 saturated heterocycles. The third-order valence-corrected chi connectivity index (χ3v) is 14.5. The number of nitrogens with one attached hydrogen (secondary N) is 2. The Kier molecular flexibility index (Phi) is 18.0. The van der Waals surface area contributed by atoms with E-state index in [1.807, 2.05) is 74.5 Å². The van der Waals surface area contributed by atoms with Crippen LogP contribution < -0.4 is 10.6 Å². The highest BCUT2D eigenvalue weighted by molar-refractivity contribution is 5.97. The Morgan fingerprint density at radius 3 is 1.68 bits per heavy atom. The van der Waals surface area contributed by atoms with Crippen molar-refractivity contribution in [1.82, 2.24) is 30.2 Å². The van der Waals surface area contributed by atoms with Gasteiger partial charge >= 0.3 is 11.9 Å². The van der Waals surface area contributed by atoms with Crippen LogP contribution >= 0.6 is 0 Å². The van der Waals surface area contributed by atoms with Crippen molar-refractivity contribution in [1.29, 1.82) is 0 Å². The van der Waals surface area contributed by atoms with Gasteiger partial charge in [-0.25, -0.2) is 4.79 Å². The number of carbonyl (C=O) groups excluding carboxylic acids is 8. The van der Waals surface area contributed by atoms with Crippen LogP contribution in [0.15, 0.2) is 60.7 Å². The molecule has 10 atom stereocenters. The van der Waals surface area contributed by atoms with Crippen molar-refractivity contribution in [2.24, 2.45) is 23.7 Å². The number of ether oxygens (including phenoxy) is 2. The highest BCUT2D eigenvalue weighted by atomic mass is 16.6. The third-order valence-electron chi connectivity index (χ3n) is 14.5. The molecule has 4 aliphatic heterocycles. The van der Waals surface area contributed by atoms with Gasteiger partial charge in [-0.15, -0.1) is 0 Å². The normalized spacial score (nSPS) is 28.9. The fourth-order valence-electron chi connectivity index (χ4n) is 10.6. The molecule has 0 saturated carbocycles. The molecule has 0 radical (unpaired) electrons. The van der Waals surface area contributed by atoms with Gasteiger partial charge in [-0.05, 0) is 87.2 Å². The monoisotopic (exact) mass is 955 g/mol. The van der Waals surface area contributed by atoms with E-state index < -0.39 is 120 Å². The summed E-state index contributed by atoms with van der Waals surface area (Å²) in [6.45, 7) is 13.2. The van der Waals surface area contributed by atoms with E-state index in [-0.39, 0.29) is 32.5 Å². The molecule has 4 heterocycles. The van der Waals surface area contributed by atoms with E-state index in [4.69, 9.17) is 9.47 Å². The van der Waals surface area contributed by atoms with Gasteiger partial charge < -0.3 is 39.7 Å². The highest BCUT2D eigenvalue weighted by Gasteiger charge is 2.47. The molecule has 16 heteroatoms. The maximum atomic E-state index is 15.0. The summed E-state index contributed by atoms with van der Waals surface area (Å²) < 4.78 is 12.2. The van der Waals surface area contributed by atoms with E-state index in [0.717, 1.165) is 11.1 Å². The summed E-state index contributed by atoms with van der Waals surface area (Å²) in [4.78, 5) is 122. The summed E-state index contributed by atoms with van der Waals surface area (Å²) >= 11 is 0. The topological polar surface area (TPSA) is 192 Å². The standard InChI is InChI=1S/C53H74N6O10/c1-9-19-38-35(7)52(66)68-42(31-37-22-14-11-15-23-37)48(62)59-29-18-26-41(59)53(67)69-45(33(4)5)51(65)56(8)44(32(2)3)50(64)58-28-17-25-40(58)47(61)55-43(34(6)30-36-20-12-10-13-21-36)49(63)57-27-16-24-39(57)46(60)54-38/h10-15,20-23,32-35,38-45H,9,16-19,24-31H2,1-8H3,(H,54,60)(H,55,61)/t34-,35-,38-,39+,40+,41+,42-,43+,44-,45+/m1/s1. The van der Waals surface area contributed by atoms with Crippen molar-refractivity contribution in [3.63, 3.8) is 0 Å². The van der Waals surface area contributed by atoms with Gasteiger partial charge in [-0.2, -0.15) is 0 Å². The zero-order chi connectivity index (χ0) is 50.1. The molecule has 0 spiro atoms. The van der Waals surface area contributed by atoms with Gasteiger partial charge in [0.15, 0.2) is 12.2 Å². The number of fused-ring (bicyclic) bond motifs is 3. The minimum Gasteiger partial charge on any atom is -0.452 e. The Labute approximate surface area is 407 Å². The molecule has 4 fully saturated rings. The highest BCUT2D eigenvalue weighted by Crippen LogP contribution is 2.29. The molecular weight excluding hydrogens is 881 g/mol. The Bertz CT molecular complexity index is 2150. The molecule has 2 aromatic rings. The van der Waals surface area contributed by atoms with Crippen molar-refractivity contribution in [2.45, 2.75) is 161 Å². The zero-order valence-electron chi connectivity index (χ0n) is 41.8. The fourth-order valence-corrected chi connectivity index (χ4v) is 10.6. The van der Waals surface area contributed by atoms with Crippen LogP contribution in [0.3, 0.4) is 0 Å². The van der Waals surface area contributed by atoms with Crippen LogP contribution in [0.1, 0.15) is 111 Å². The van der Waals surface area contributed by atoms with Gasteiger partial charge in [0.1, 0.15) is 30.2 Å². The third kappa shape index (κ3) is 12.3. The fraction of sp³-hybridized carbons (Fsp3) is 0.623. The number of esters is 2. The molecule has 0 unspecified atom stereocenters. The second-order valence-electron chi connectivity index (χ2n) is 20.3. The van der Waals surface area contributed by atoms with Crippen molar-refractivity contribution >= 4 is 47.4 Å². The van der Waals surface area contributed by atoms with Crippen LogP contribution in [0.25, 0.3) is 0 Å². The number of benzene rings is 2. The Morgan fingerprint density at radius 1 is 0.609 bits per heavy atom. The van der Waals surface area contributed by atoms with Crippen LogP contribution in [-0.4, -0.2) is 142 Å². The van der Waals surface area contributed by atoms with Gasteiger partial charge in [0.25, 0.3) is 11.8 Å².